The van der Waals surface area contributed by atoms with Crippen molar-refractivity contribution in [2.24, 2.45) is 0 Å². The van der Waals surface area contributed by atoms with Crippen LogP contribution in [0.25, 0.3) is 0 Å². The molecule has 1 aromatic heterocycles. The molecular formula is C15H12F2N2O2. The van der Waals surface area contributed by atoms with Gasteiger partial charge in [-0.25, -0.2) is 0 Å². The van der Waals surface area contributed by atoms with E-state index in [1.165, 1.54) is 18.3 Å². The number of rotatable bonds is 2. The molecule has 1 N–H and O–H groups in total. The summed E-state index contributed by atoms with van der Waals surface area (Å²) >= 11 is 0. The van der Waals surface area contributed by atoms with Crippen molar-refractivity contribution in [3.63, 3.8) is 0 Å². The molecule has 6 heteroatoms. The molecule has 1 atom stereocenters. The van der Waals surface area contributed by atoms with Crippen LogP contribution in [0.5, 0.6) is 0 Å². The van der Waals surface area contributed by atoms with Crippen molar-refractivity contribution in [2.75, 3.05) is 0 Å². The minimum atomic E-state index is -3.60. The highest BCUT2D eigenvalue weighted by atomic mass is 19.3. The highest BCUT2D eigenvalue weighted by Gasteiger charge is 2.53. The van der Waals surface area contributed by atoms with Crippen LogP contribution < -0.4 is 0 Å². The number of carbonyl (C=O) groups is 1. The van der Waals surface area contributed by atoms with Crippen LogP contribution in [0, 0.1) is 0 Å². The van der Waals surface area contributed by atoms with Crippen molar-refractivity contribution in [3.05, 3.63) is 65.5 Å². The molecule has 0 fully saturated rings. The predicted octanol–water partition coefficient (Wildman–Crippen LogP) is 2.15. The first-order chi connectivity index (χ1) is 10.0. The van der Waals surface area contributed by atoms with Gasteiger partial charge in [0.05, 0.1) is 5.56 Å². The average Bonchev–Trinajstić information content (AvgIpc) is 2.51. The Morgan fingerprint density at radius 2 is 1.90 bits per heavy atom. The summed E-state index contributed by atoms with van der Waals surface area (Å²) in [6.45, 7) is -0.0925. The Kier molecular flexibility index (Phi) is 3.17. The molecular weight excluding hydrogens is 278 g/mol. The molecule has 1 aromatic carbocycles. The van der Waals surface area contributed by atoms with Gasteiger partial charge in [0.15, 0.2) is 0 Å². The van der Waals surface area contributed by atoms with E-state index >= 15 is 0 Å². The molecule has 108 valence electrons. The second kappa shape index (κ2) is 4.89. The number of fused-ring (bicyclic) bond motifs is 1. The lowest BCUT2D eigenvalue weighted by Crippen LogP contribution is -2.53. The van der Waals surface area contributed by atoms with E-state index < -0.39 is 23.8 Å². The van der Waals surface area contributed by atoms with Crippen LogP contribution in [0.1, 0.15) is 21.6 Å². The number of hydrogen-bond donors (Lipinski definition) is 1. The maximum absolute atomic E-state index is 14.2. The molecule has 4 nitrogen and oxygen atoms in total. The number of aliphatic hydroxyl groups excluding tert-OH is 1. The number of carbonyl (C=O) groups excluding carboxylic acids is 1. The Morgan fingerprint density at radius 3 is 2.62 bits per heavy atom. The summed E-state index contributed by atoms with van der Waals surface area (Å²) in [5, 5.41) is 9.89. The zero-order chi connectivity index (χ0) is 15.0. The highest BCUT2D eigenvalue weighted by molar-refractivity contribution is 5.96. The minimum Gasteiger partial charge on any atom is -0.368 e. The Hall–Kier alpha value is -2.34. The molecule has 3 rings (SSSR count). The number of benzene rings is 1. The minimum absolute atomic E-state index is 0.0925. The maximum Gasteiger partial charge on any atom is 0.334 e. The summed E-state index contributed by atoms with van der Waals surface area (Å²) < 4.78 is 28.4. The van der Waals surface area contributed by atoms with E-state index in [1.807, 2.05) is 0 Å². The number of amides is 1. The van der Waals surface area contributed by atoms with Gasteiger partial charge >= 0.3 is 5.92 Å². The van der Waals surface area contributed by atoms with Crippen molar-refractivity contribution in [3.8, 4) is 0 Å². The Labute approximate surface area is 119 Å². The molecule has 1 aliphatic heterocycles. The first-order valence-corrected chi connectivity index (χ1v) is 6.38. The van der Waals surface area contributed by atoms with E-state index in [-0.39, 0.29) is 12.1 Å². The lowest BCUT2D eigenvalue weighted by Gasteiger charge is -2.37. The van der Waals surface area contributed by atoms with Crippen molar-refractivity contribution in [1.82, 2.24) is 9.88 Å². The summed E-state index contributed by atoms with van der Waals surface area (Å²) in [4.78, 5) is 16.6. The van der Waals surface area contributed by atoms with Crippen LogP contribution in [0.3, 0.4) is 0 Å². The summed E-state index contributed by atoms with van der Waals surface area (Å²) in [6.07, 6.45) is -1.05. The van der Waals surface area contributed by atoms with Crippen molar-refractivity contribution in [2.45, 2.75) is 18.7 Å². The molecule has 0 saturated heterocycles. The first-order valence-electron chi connectivity index (χ1n) is 6.38. The molecule has 0 aliphatic carbocycles. The maximum atomic E-state index is 14.2. The first kappa shape index (κ1) is 13.6. The third kappa shape index (κ3) is 2.17. The molecule has 0 saturated carbocycles. The Bertz CT molecular complexity index is 676. The van der Waals surface area contributed by atoms with Crippen molar-refractivity contribution >= 4 is 5.91 Å². The quantitative estimate of drug-likeness (QED) is 0.922. The van der Waals surface area contributed by atoms with Crippen LogP contribution >= 0.6 is 0 Å². The summed E-state index contributed by atoms with van der Waals surface area (Å²) in [5.74, 6) is -4.25. The second-order valence-electron chi connectivity index (χ2n) is 4.81. The van der Waals surface area contributed by atoms with Gasteiger partial charge in [0.2, 0.25) is 6.23 Å². The van der Waals surface area contributed by atoms with Crippen molar-refractivity contribution in [1.29, 1.82) is 0 Å². The van der Waals surface area contributed by atoms with Gasteiger partial charge in [-0.2, -0.15) is 8.78 Å². The van der Waals surface area contributed by atoms with Gasteiger partial charge in [-0.15, -0.1) is 0 Å². The molecule has 1 amide bonds. The van der Waals surface area contributed by atoms with Gasteiger partial charge in [-0.05, 0) is 17.7 Å². The van der Waals surface area contributed by atoms with Crippen LogP contribution in [0.4, 0.5) is 8.78 Å². The van der Waals surface area contributed by atoms with Gasteiger partial charge < -0.3 is 10.0 Å². The number of nitrogens with zero attached hydrogens (tertiary/aromatic N) is 2. The molecule has 0 radical (unpaired) electrons. The van der Waals surface area contributed by atoms with Gasteiger partial charge in [-0.1, -0.05) is 30.3 Å². The third-order valence-corrected chi connectivity index (χ3v) is 3.43. The SMILES string of the molecule is O=C1c2cccnc2C(F)(F)C(O)N1Cc1ccccc1. The lowest BCUT2D eigenvalue weighted by molar-refractivity contribution is -0.179. The van der Waals surface area contributed by atoms with E-state index in [2.05, 4.69) is 4.98 Å². The van der Waals surface area contributed by atoms with Crippen LogP contribution in [-0.2, 0) is 12.5 Å². The molecule has 21 heavy (non-hydrogen) atoms. The molecule has 2 heterocycles. The third-order valence-electron chi connectivity index (χ3n) is 3.43. The molecule has 0 bridgehead atoms. The summed E-state index contributed by atoms with van der Waals surface area (Å²) in [6, 6.07) is 11.4. The van der Waals surface area contributed by atoms with E-state index in [0.29, 0.717) is 5.56 Å². The number of aliphatic hydroxyl groups is 1. The largest absolute Gasteiger partial charge is 0.368 e. The monoisotopic (exact) mass is 290 g/mol. The van der Waals surface area contributed by atoms with E-state index in [1.54, 1.807) is 30.3 Å². The van der Waals surface area contributed by atoms with Crippen LogP contribution in [0.2, 0.25) is 0 Å². The fourth-order valence-electron chi connectivity index (χ4n) is 2.37. The van der Waals surface area contributed by atoms with E-state index in [4.69, 9.17) is 0 Å². The predicted molar refractivity (Wildman–Crippen MR) is 70.5 cm³/mol. The number of alkyl halides is 2. The van der Waals surface area contributed by atoms with E-state index in [0.717, 1.165) is 4.90 Å². The lowest BCUT2D eigenvalue weighted by atomic mass is 9.99. The second-order valence-corrected chi connectivity index (χ2v) is 4.81. The van der Waals surface area contributed by atoms with Crippen LogP contribution in [0.15, 0.2) is 48.7 Å². The van der Waals surface area contributed by atoms with Gasteiger partial charge in [0.25, 0.3) is 5.91 Å². The average molecular weight is 290 g/mol. The zero-order valence-corrected chi connectivity index (χ0v) is 10.9. The molecule has 0 spiro atoms. The highest BCUT2D eigenvalue weighted by Crippen LogP contribution is 2.39. The molecule has 2 aromatic rings. The van der Waals surface area contributed by atoms with E-state index in [9.17, 15) is 18.7 Å². The number of aromatic nitrogens is 1. The number of hydrogen-bond acceptors (Lipinski definition) is 3. The Morgan fingerprint density at radius 1 is 1.19 bits per heavy atom. The van der Waals surface area contributed by atoms with Gasteiger partial charge in [0, 0.05) is 12.7 Å². The van der Waals surface area contributed by atoms with Crippen molar-refractivity contribution < 1.29 is 18.7 Å². The molecule has 1 aliphatic rings. The van der Waals surface area contributed by atoms with Gasteiger partial charge in [0.1, 0.15) is 5.69 Å². The normalized spacial score (nSPS) is 20.2. The summed E-state index contributed by atoms with van der Waals surface area (Å²) in [7, 11) is 0. The molecule has 1 unspecified atom stereocenters. The van der Waals surface area contributed by atoms with Gasteiger partial charge in [-0.3, -0.25) is 9.78 Å². The topological polar surface area (TPSA) is 53.4 Å². The smallest absolute Gasteiger partial charge is 0.334 e. The van der Waals surface area contributed by atoms with Crippen LogP contribution in [-0.4, -0.2) is 27.1 Å². The number of halogens is 2. The standard InChI is InChI=1S/C15H12F2N2O2/c16-15(17)12-11(7-4-8-18-12)13(20)19(14(15)21)9-10-5-2-1-3-6-10/h1-8,14,21H,9H2. The number of pyridine rings is 1. The fraction of sp³-hybridized carbons (Fsp3) is 0.200. The Balaban J connectivity index is 2.02. The zero-order valence-electron chi connectivity index (χ0n) is 10.9. The fourth-order valence-corrected chi connectivity index (χ4v) is 2.37. The summed E-state index contributed by atoms with van der Waals surface area (Å²) in [5.41, 5.74) is -0.191.